The number of nitrogens with zero attached hydrogens (tertiary/aromatic N) is 4. The molecule has 8 heteroatoms. The van der Waals surface area contributed by atoms with Crippen LogP contribution in [0.1, 0.15) is 43.8 Å². The van der Waals surface area contributed by atoms with E-state index in [-0.39, 0.29) is 23.1 Å². The number of nitrogens with one attached hydrogen (secondary N) is 1. The van der Waals surface area contributed by atoms with Crippen LogP contribution >= 0.6 is 17.0 Å². The predicted molar refractivity (Wildman–Crippen MR) is 95.1 cm³/mol. The first-order valence-electron chi connectivity index (χ1n) is 8.39. The van der Waals surface area contributed by atoms with E-state index < -0.39 is 0 Å². The normalized spacial score (nSPS) is 21.4. The average Bonchev–Trinajstić information content (AvgIpc) is 3.11. The van der Waals surface area contributed by atoms with Crippen LogP contribution in [-0.2, 0) is 24.1 Å². The molecule has 0 bridgehead atoms. The fourth-order valence-corrected chi connectivity index (χ4v) is 3.08. The van der Waals surface area contributed by atoms with Crippen LogP contribution in [0.15, 0.2) is 4.99 Å². The average molecular weight is 387 g/mol. The van der Waals surface area contributed by atoms with Crippen LogP contribution in [-0.4, -0.2) is 46.5 Å². The molecule has 1 aromatic rings. The summed E-state index contributed by atoms with van der Waals surface area (Å²) in [5.74, 6) is 2.68. The van der Waals surface area contributed by atoms with Gasteiger partial charge in [0.05, 0.1) is 12.6 Å². The maximum absolute atomic E-state index is 5.89. The zero-order valence-corrected chi connectivity index (χ0v) is 15.3. The SMILES string of the molecule is Br.NC(=NCC1CCCO1)NCCc1nnc2n1CCCCC2. The van der Waals surface area contributed by atoms with E-state index in [0.29, 0.717) is 12.5 Å². The number of aryl methyl sites for hydroxylation is 1. The highest BCUT2D eigenvalue weighted by Gasteiger charge is 2.15. The van der Waals surface area contributed by atoms with E-state index in [9.17, 15) is 0 Å². The predicted octanol–water partition coefficient (Wildman–Crippen LogP) is 1.21. The van der Waals surface area contributed by atoms with Crippen molar-refractivity contribution in [2.75, 3.05) is 19.7 Å². The van der Waals surface area contributed by atoms with Gasteiger partial charge in [0.25, 0.3) is 0 Å². The molecule has 1 aromatic heterocycles. The molecular weight excluding hydrogens is 360 g/mol. The number of guanidine groups is 1. The summed E-state index contributed by atoms with van der Waals surface area (Å²) < 4.78 is 7.80. The lowest BCUT2D eigenvalue weighted by molar-refractivity contribution is 0.118. The zero-order valence-electron chi connectivity index (χ0n) is 13.5. The summed E-state index contributed by atoms with van der Waals surface area (Å²) in [5.41, 5.74) is 5.89. The van der Waals surface area contributed by atoms with Gasteiger partial charge >= 0.3 is 0 Å². The number of aromatic nitrogens is 3. The van der Waals surface area contributed by atoms with E-state index in [0.717, 1.165) is 57.0 Å². The molecule has 2 aliphatic rings. The molecule has 0 radical (unpaired) electrons. The fraction of sp³-hybridized carbons (Fsp3) is 0.800. The van der Waals surface area contributed by atoms with Gasteiger partial charge in [-0.1, -0.05) is 6.42 Å². The Bertz CT molecular complexity index is 512. The lowest BCUT2D eigenvalue weighted by Gasteiger charge is -2.09. The van der Waals surface area contributed by atoms with Gasteiger partial charge < -0.3 is 20.4 Å². The van der Waals surface area contributed by atoms with Gasteiger partial charge in [-0.05, 0) is 25.7 Å². The van der Waals surface area contributed by atoms with Gasteiger partial charge in [0.1, 0.15) is 11.6 Å². The topological polar surface area (TPSA) is 90.3 Å². The molecule has 0 saturated carbocycles. The maximum atomic E-state index is 5.89. The van der Waals surface area contributed by atoms with Crippen LogP contribution in [0.3, 0.4) is 0 Å². The molecule has 23 heavy (non-hydrogen) atoms. The molecule has 1 atom stereocenters. The number of hydrogen-bond acceptors (Lipinski definition) is 4. The molecule has 0 amide bonds. The standard InChI is InChI=1S/C15H26N6O.BrH/c16-15(18-11-12-5-4-10-22-12)17-8-7-14-20-19-13-6-2-1-3-9-21(13)14;/h12H,1-11H2,(H3,16,17,18);1H. The van der Waals surface area contributed by atoms with Gasteiger partial charge in [0.15, 0.2) is 5.96 Å². The van der Waals surface area contributed by atoms with E-state index >= 15 is 0 Å². The largest absolute Gasteiger partial charge is 0.376 e. The van der Waals surface area contributed by atoms with E-state index in [1.54, 1.807) is 0 Å². The Morgan fingerprint density at radius 3 is 3.04 bits per heavy atom. The van der Waals surface area contributed by atoms with Gasteiger partial charge in [0.2, 0.25) is 0 Å². The second kappa shape index (κ2) is 9.22. The molecule has 3 rings (SSSR count). The molecule has 7 nitrogen and oxygen atoms in total. The number of nitrogens with two attached hydrogens (primary N) is 1. The number of fused-ring (bicyclic) bond motifs is 1. The second-order valence-corrected chi connectivity index (χ2v) is 6.03. The van der Waals surface area contributed by atoms with Crippen LogP contribution in [0.25, 0.3) is 0 Å². The molecule has 0 aliphatic carbocycles. The van der Waals surface area contributed by atoms with E-state index in [1.807, 2.05) is 0 Å². The lowest BCUT2D eigenvalue weighted by Crippen LogP contribution is -2.34. The number of hydrogen-bond donors (Lipinski definition) is 2. The summed E-state index contributed by atoms with van der Waals surface area (Å²) in [6.45, 7) is 3.28. The third kappa shape index (κ3) is 5.17. The fourth-order valence-electron chi connectivity index (χ4n) is 3.08. The summed E-state index contributed by atoms with van der Waals surface area (Å²) in [7, 11) is 0. The first kappa shape index (κ1) is 18.2. The minimum atomic E-state index is 0. The van der Waals surface area contributed by atoms with Crippen LogP contribution in [0.5, 0.6) is 0 Å². The van der Waals surface area contributed by atoms with Crippen molar-refractivity contribution in [1.29, 1.82) is 0 Å². The summed E-state index contributed by atoms with van der Waals surface area (Å²) in [4.78, 5) is 4.34. The smallest absolute Gasteiger partial charge is 0.188 e. The van der Waals surface area contributed by atoms with Crippen molar-refractivity contribution in [1.82, 2.24) is 20.1 Å². The van der Waals surface area contributed by atoms with E-state index in [2.05, 4.69) is 25.1 Å². The zero-order chi connectivity index (χ0) is 15.2. The van der Waals surface area contributed by atoms with Crippen LogP contribution in [0.2, 0.25) is 0 Å². The Labute approximate surface area is 147 Å². The van der Waals surface area contributed by atoms with Gasteiger partial charge in [-0.3, -0.25) is 4.99 Å². The Morgan fingerprint density at radius 2 is 2.22 bits per heavy atom. The first-order valence-corrected chi connectivity index (χ1v) is 8.39. The molecule has 0 aromatic carbocycles. The highest BCUT2D eigenvalue weighted by Crippen LogP contribution is 2.14. The Kier molecular flexibility index (Phi) is 7.29. The van der Waals surface area contributed by atoms with Gasteiger partial charge in [-0.25, -0.2) is 0 Å². The molecule has 130 valence electrons. The van der Waals surface area contributed by atoms with Crippen molar-refractivity contribution in [2.45, 2.75) is 57.6 Å². The van der Waals surface area contributed by atoms with Gasteiger partial charge in [0, 0.05) is 32.5 Å². The van der Waals surface area contributed by atoms with Gasteiger partial charge in [-0.15, -0.1) is 27.2 Å². The molecule has 3 heterocycles. The van der Waals surface area contributed by atoms with Crippen molar-refractivity contribution in [3.8, 4) is 0 Å². The van der Waals surface area contributed by atoms with Crippen LogP contribution in [0, 0.1) is 0 Å². The molecule has 1 fully saturated rings. The Balaban J connectivity index is 0.00000192. The minimum absolute atomic E-state index is 0. The molecular formula is C15H27BrN6O. The molecule has 1 saturated heterocycles. The maximum Gasteiger partial charge on any atom is 0.188 e. The molecule has 3 N–H and O–H groups in total. The van der Waals surface area contributed by atoms with Gasteiger partial charge in [-0.2, -0.15) is 0 Å². The van der Waals surface area contributed by atoms with Crippen molar-refractivity contribution in [2.24, 2.45) is 10.7 Å². The van der Waals surface area contributed by atoms with Crippen molar-refractivity contribution in [3.63, 3.8) is 0 Å². The van der Waals surface area contributed by atoms with Crippen LogP contribution < -0.4 is 11.1 Å². The third-order valence-electron chi connectivity index (χ3n) is 4.33. The van der Waals surface area contributed by atoms with Crippen molar-refractivity contribution < 1.29 is 4.74 Å². The monoisotopic (exact) mass is 386 g/mol. The highest BCUT2D eigenvalue weighted by molar-refractivity contribution is 8.93. The number of rotatable bonds is 5. The Hall–Kier alpha value is -1.15. The second-order valence-electron chi connectivity index (χ2n) is 6.03. The molecule has 1 unspecified atom stereocenters. The van der Waals surface area contributed by atoms with E-state index in [4.69, 9.17) is 10.5 Å². The summed E-state index contributed by atoms with van der Waals surface area (Å²) in [6.07, 6.45) is 8.05. The number of ether oxygens (including phenoxy) is 1. The highest BCUT2D eigenvalue weighted by atomic mass is 79.9. The molecule has 2 aliphatic heterocycles. The van der Waals surface area contributed by atoms with Crippen molar-refractivity contribution >= 4 is 22.9 Å². The molecule has 0 spiro atoms. The summed E-state index contributed by atoms with van der Waals surface area (Å²) >= 11 is 0. The number of halogens is 1. The first-order chi connectivity index (χ1) is 10.8. The number of aliphatic imine (C=N–C) groups is 1. The quantitative estimate of drug-likeness (QED) is 0.586. The lowest BCUT2D eigenvalue weighted by atomic mass is 10.2. The Morgan fingerprint density at radius 1 is 1.30 bits per heavy atom. The van der Waals surface area contributed by atoms with Crippen LogP contribution in [0.4, 0.5) is 0 Å². The van der Waals surface area contributed by atoms with E-state index in [1.165, 1.54) is 19.3 Å². The third-order valence-corrected chi connectivity index (χ3v) is 4.33. The summed E-state index contributed by atoms with van der Waals surface area (Å²) in [6, 6.07) is 0. The summed E-state index contributed by atoms with van der Waals surface area (Å²) in [5, 5.41) is 11.8. The minimum Gasteiger partial charge on any atom is -0.376 e. The van der Waals surface area contributed by atoms with Crippen molar-refractivity contribution in [3.05, 3.63) is 11.6 Å².